The number of hydrogen-bond acceptors (Lipinski definition) is 2. The monoisotopic (exact) mass is 300 g/mol. The Hall–Kier alpha value is -1.88. The minimum atomic E-state index is 0.492. The maximum atomic E-state index is 5.53. The zero-order chi connectivity index (χ0) is 15.1. The number of aryl methyl sites for hydroxylation is 2. The quantitative estimate of drug-likeness (QED) is 0.731. The van der Waals surface area contributed by atoms with Crippen LogP contribution in [0.4, 0.5) is 0 Å². The van der Waals surface area contributed by atoms with Crippen LogP contribution in [0.2, 0.25) is 0 Å². The Morgan fingerprint density at radius 3 is 2.76 bits per heavy atom. The van der Waals surface area contributed by atoms with Crippen molar-refractivity contribution in [3.63, 3.8) is 0 Å². The zero-order valence-electron chi connectivity index (χ0n) is 12.8. The maximum Gasteiger partial charge on any atom is 0.184 e. The smallest absolute Gasteiger partial charge is 0.184 e. The Morgan fingerprint density at radius 1 is 1.33 bits per heavy atom. The van der Waals surface area contributed by atoms with E-state index in [4.69, 9.17) is 12.2 Å². The van der Waals surface area contributed by atoms with Gasteiger partial charge in [0, 0.05) is 6.54 Å². The molecule has 0 aliphatic rings. The van der Waals surface area contributed by atoms with Gasteiger partial charge in [0.2, 0.25) is 0 Å². The van der Waals surface area contributed by atoms with Gasteiger partial charge in [-0.1, -0.05) is 26.0 Å². The summed E-state index contributed by atoms with van der Waals surface area (Å²) >= 11 is 5.53. The molecule has 0 aliphatic carbocycles. The first-order valence-electron chi connectivity index (χ1n) is 7.31. The lowest BCUT2D eigenvalue weighted by Gasteiger charge is -2.10. The highest BCUT2D eigenvalue weighted by Gasteiger charge is 2.15. The molecular formula is C16H20N4S. The van der Waals surface area contributed by atoms with Crippen molar-refractivity contribution in [1.82, 2.24) is 19.3 Å². The summed E-state index contributed by atoms with van der Waals surface area (Å²) in [6.45, 7) is 9.32. The van der Waals surface area contributed by atoms with Crippen molar-refractivity contribution in [3.8, 4) is 5.69 Å². The van der Waals surface area contributed by atoms with E-state index in [-0.39, 0.29) is 0 Å². The maximum absolute atomic E-state index is 5.53. The Labute approximate surface area is 129 Å². The molecular weight excluding hydrogens is 280 g/mol. The molecule has 110 valence electrons. The molecule has 0 saturated heterocycles. The minimum absolute atomic E-state index is 0.492. The third-order valence-corrected chi connectivity index (χ3v) is 4.13. The number of aromatic nitrogens is 4. The van der Waals surface area contributed by atoms with Gasteiger partial charge in [0.15, 0.2) is 10.4 Å². The number of H-pyrrole nitrogens is 1. The lowest BCUT2D eigenvalue weighted by molar-refractivity contribution is 0.661. The van der Waals surface area contributed by atoms with Crippen molar-refractivity contribution in [1.29, 1.82) is 0 Å². The molecule has 0 fully saturated rings. The van der Waals surface area contributed by atoms with Crippen molar-refractivity contribution >= 4 is 23.4 Å². The average Bonchev–Trinajstić information content (AvgIpc) is 2.95. The highest BCUT2D eigenvalue weighted by atomic mass is 32.1. The van der Waals surface area contributed by atoms with Gasteiger partial charge < -0.3 is 4.98 Å². The van der Waals surface area contributed by atoms with Gasteiger partial charge >= 0.3 is 0 Å². The Bertz CT molecular complexity index is 851. The van der Waals surface area contributed by atoms with Crippen molar-refractivity contribution in [2.24, 2.45) is 0 Å². The fourth-order valence-electron chi connectivity index (χ4n) is 2.68. The first-order chi connectivity index (χ1) is 10.0. The normalized spacial score (nSPS) is 11.7. The molecule has 0 radical (unpaired) electrons. The summed E-state index contributed by atoms with van der Waals surface area (Å²) in [7, 11) is 0. The number of nitrogens with one attached hydrogen (secondary N) is 1. The molecule has 4 nitrogen and oxygen atoms in total. The van der Waals surface area contributed by atoms with E-state index in [2.05, 4.69) is 59.7 Å². The molecule has 3 rings (SSSR count). The fraction of sp³-hybridized carbons (Fsp3) is 0.375. The summed E-state index contributed by atoms with van der Waals surface area (Å²) in [5, 5.41) is 4.57. The van der Waals surface area contributed by atoms with Crippen LogP contribution in [0.1, 0.15) is 37.9 Å². The van der Waals surface area contributed by atoms with E-state index in [1.165, 1.54) is 5.56 Å². The first-order valence-corrected chi connectivity index (χ1v) is 7.72. The van der Waals surface area contributed by atoms with Crippen LogP contribution in [0, 0.1) is 11.7 Å². The van der Waals surface area contributed by atoms with Crippen LogP contribution in [0.5, 0.6) is 0 Å². The molecule has 1 aromatic carbocycles. The molecule has 0 spiro atoms. The van der Waals surface area contributed by atoms with Gasteiger partial charge in [-0.3, -0.25) is 4.57 Å². The number of benzene rings is 1. The second-order valence-corrected chi connectivity index (χ2v) is 6.00. The topological polar surface area (TPSA) is 38.5 Å². The third kappa shape index (κ3) is 2.21. The van der Waals surface area contributed by atoms with Crippen LogP contribution in [0.3, 0.4) is 0 Å². The van der Waals surface area contributed by atoms with E-state index in [0.29, 0.717) is 10.7 Å². The minimum Gasteiger partial charge on any atom is -0.327 e. The lowest BCUT2D eigenvalue weighted by Crippen LogP contribution is -2.04. The number of fused-ring (bicyclic) bond motifs is 1. The second kappa shape index (κ2) is 5.15. The van der Waals surface area contributed by atoms with Gasteiger partial charge in [-0.2, -0.15) is 5.10 Å². The van der Waals surface area contributed by atoms with Crippen LogP contribution in [0.25, 0.3) is 16.9 Å². The standard InChI is InChI=1S/C16H20N4S/c1-5-19-15-14(11(4)18-19)17-16(21)20(15)13-8-6-7-12(9-13)10(2)3/h6-10H,5H2,1-4H3,(H,17,21). The Kier molecular flexibility index (Phi) is 3.45. The van der Waals surface area contributed by atoms with Crippen LogP contribution in [-0.2, 0) is 6.54 Å². The van der Waals surface area contributed by atoms with E-state index in [0.717, 1.165) is 29.1 Å². The zero-order valence-corrected chi connectivity index (χ0v) is 13.7. The molecule has 2 heterocycles. The van der Waals surface area contributed by atoms with Crippen LogP contribution in [0.15, 0.2) is 24.3 Å². The summed E-state index contributed by atoms with van der Waals surface area (Å²) in [6.07, 6.45) is 0. The number of nitrogens with zero attached hydrogens (tertiary/aromatic N) is 3. The third-order valence-electron chi connectivity index (χ3n) is 3.84. The van der Waals surface area contributed by atoms with Crippen molar-refractivity contribution in [3.05, 3.63) is 40.3 Å². The number of hydrogen-bond donors (Lipinski definition) is 1. The van der Waals surface area contributed by atoms with Crippen molar-refractivity contribution < 1.29 is 0 Å². The predicted octanol–water partition coefficient (Wildman–Crippen LogP) is 4.34. The highest BCUT2D eigenvalue weighted by Crippen LogP contribution is 2.24. The number of imidazole rings is 1. The first kappa shape index (κ1) is 14.1. The van der Waals surface area contributed by atoms with E-state index in [1.807, 2.05) is 11.6 Å². The molecule has 0 unspecified atom stereocenters. The van der Waals surface area contributed by atoms with Gasteiger partial charge in [-0.05, 0) is 49.7 Å². The van der Waals surface area contributed by atoms with Gasteiger partial charge in [-0.25, -0.2) is 4.68 Å². The van der Waals surface area contributed by atoms with Gasteiger partial charge in [0.1, 0.15) is 5.52 Å². The molecule has 1 N–H and O–H groups in total. The van der Waals surface area contributed by atoms with Gasteiger partial charge in [0.05, 0.1) is 11.4 Å². The highest BCUT2D eigenvalue weighted by molar-refractivity contribution is 7.71. The molecule has 0 atom stereocenters. The molecule has 3 aromatic rings. The lowest BCUT2D eigenvalue weighted by atomic mass is 10.0. The van der Waals surface area contributed by atoms with Gasteiger partial charge in [-0.15, -0.1) is 0 Å². The summed E-state index contributed by atoms with van der Waals surface area (Å²) < 4.78 is 4.80. The predicted molar refractivity (Wildman–Crippen MR) is 88.7 cm³/mol. The molecule has 0 saturated carbocycles. The molecule has 0 bridgehead atoms. The van der Waals surface area contributed by atoms with E-state index in [1.54, 1.807) is 0 Å². The van der Waals surface area contributed by atoms with E-state index in [9.17, 15) is 0 Å². The molecule has 5 heteroatoms. The molecule has 0 aliphatic heterocycles. The number of aromatic amines is 1. The fourth-order valence-corrected chi connectivity index (χ4v) is 2.98. The largest absolute Gasteiger partial charge is 0.327 e. The summed E-state index contributed by atoms with van der Waals surface area (Å²) in [5.41, 5.74) is 5.45. The molecule has 21 heavy (non-hydrogen) atoms. The SMILES string of the molecule is CCn1nc(C)c2[nH]c(=S)n(-c3cccc(C(C)C)c3)c21. The van der Waals surface area contributed by atoms with Crippen LogP contribution in [-0.4, -0.2) is 19.3 Å². The van der Waals surface area contributed by atoms with Crippen molar-refractivity contribution in [2.45, 2.75) is 40.2 Å². The van der Waals surface area contributed by atoms with Crippen LogP contribution < -0.4 is 0 Å². The van der Waals surface area contributed by atoms with Crippen molar-refractivity contribution in [2.75, 3.05) is 0 Å². The average molecular weight is 300 g/mol. The van der Waals surface area contributed by atoms with Gasteiger partial charge in [0.25, 0.3) is 0 Å². The summed E-state index contributed by atoms with van der Waals surface area (Å²) in [6, 6.07) is 8.54. The summed E-state index contributed by atoms with van der Waals surface area (Å²) in [5.74, 6) is 0.492. The van der Waals surface area contributed by atoms with Crippen LogP contribution >= 0.6 is 12.2 Å². The van der Waals surface area contributed by atoms with E-state index >= 15 is 0 Å². The second-order valence-electron chi connectivity index (χ2n) is 5.62. The molecule has 0 amide bonds. The van der Waals surface area contributed by atoms with E-state index < -0.39 is 0 Å². The number of rotatable bonds is 3. The Morgan fingerprint density at radius 2 is 2.10 bits per heavy atom. The summed E-state index contributed by atoms with van der Waals surface area (Å²) in [4.78, 5) is 3.29. The molecule has 2 aromatic heterocycles. The Balaban J connectivity index is 2.32.